The van der Waals surface area contributed by atoms with E-state index in [9.17, 15) is 0 Å². The second-order valence-corrected chi connectivity index (χ2v) is 9.77. The molecule has 0 amide bonds. The van der Waals surface area contributed by atoms with Crippen LogP contribution in [0, 0.1) is 5.92 Å². The molecule has 7 nitrogen and oxygen atoms in total. The number of benzene rings is 1. The smallest absolute Gasteiger partial charge is 0.268 e. The Balaban J connectivity index is 1.29. The number of hydrogen-bond donors (Lipinski definition) is 1. The summed E-state index contributed by atoms with van der Waals surface area (Å²) in [6.45, 7) is 0.879. The van der Waals surface area contributed by atoms with Crippen molar-refractivity contribution in [2.24, 2.45) is 5.92 Å². The number of nitrogens with two attached hydrogens (primary N) is 1. The second-order valence-electron chi connectivity index (χ2n) is 7.94. The normalized spacial score (nSPS) is 19.3. The molecule has 1 aromatic rings. The summed E-state index contributed by atoms with van der Waals surface area (Å²) in [5, 5.41) is 1.18. The fourth-order valence-corrected chi connectivity index (χ4v) is 5.32. The average Bonchev–Trinajstić information content (AvgIpc) is 3.42. The summed E-state index contributed by atoms with van der Waals surface area (Å²) < 4.78 is 14.7. The van der Waals surface area contributed by atoms with E-state index in [0.29, 0.717) is 21.8 Å². The summed E-state index contributed by atoms with van der Waals surface area (Å²) in [6, 6.07) is 7.83. The summed E-state index contributed by atoms with van der Waals surface area (Å²) in [5.74, 6) is 1.95. The molecule has 1 atom stereocenters. The van der Waals surface area contributed by atoms with Gasteiger partial charge in [-0.15, -0.1) is 0 Å². The van der Waals surface area contributed by atoms with Crippen LogP contribution in [0.25, 0.3) is 11.5 Å². The van der Waals surface area contributed by atoms with E-state index in [0.717, 1.165) is 34.7 Å². The average molecular weight is 502 g/mol. The summed E-state index contributed by atoms with van der Waals surface area (Å²) in [6.07, 6.45) is 10.7. The van der Waals surface area contributed by atoms with E-state index < -0.39 is 6.29 Å². The standard InChI is InChI=1S/C22H24BrN5O2S/c23-16-9-5-4-8-15(16)21-29-12-17(30-21)31-22-26-18-19(24)25-13-28(20(18)27-22)11-10-14-6-2-1-3-7-14/h4-5,8-9,12-14,21H,1-3,6-7,10-11,24H2. The second kappa shape index (κ2) is 9.08. The van der Waals surface area contributed by atoms with Crippen LogP contribution in [-0.2, 0) is 16.0 Å². The molecule has 3 heterocycles. The van der Waals surface area contributed by atoms with Crippen molar-refractivity contribution in [3.05, 3.63) is 52.0 Å². The number of fused-ring (bicyclic) bond motifs is 1. The quantitative estimate of drug-likeness (QED) is 0.461. The number of hydrogen-bond acceptors (Lipinski definition) is 7. The number of halogens is 1. The van der Waals surface area contributed by atoms with Gasteiger partial charge in [-0.25, -0.2) is 15.0 Å². The number of rotatable bonds is 6. The summed E-state index contributed by atoms with van der Waals surface area (Å²) in [7, 11) is 0. The molecule has 2 N–H and O–H groups in total. The zero-order chi connectivity index (χ0) is 21.2. The number of ether oxygens (including phenoxy) is 2. The molecule has 0 bridgehead atoms. The topological polar surface area (TPSA) is 88.1 Å². The van der Waals surface area contributed by atoms with Gasteiger partial charge in [-0.2, -0.15) is 0 Å². The first kappa shape index (κ1) is 20.6. The molecule has 0 radical (unpaired) electrons. The van der Waals surface area contributed by atoms with Gasteiger partial charge in [0.15, 0.2) is 22.5 Å². The summed E-state index contributed by atoms with van der Waals surface area (Å²) >= 11 is 4.86. The Kier molecular flexibility index (Phi) is 6.04. The Labute approximate surface area is 193 Å². The minimum absolute atomic E-state index is 0.395. The molecule has 0 aromatic heterocycles. The van der Waals surface area contributed by atoms with Gasteiger partial charge in [0.2, 0.25) is 5.09 Å². The monoisotopic (exact) mass is 501 g/mol. The molecule has 1 aliphatic carbocycles. The van der Waals surface area contributed by atoms with E-state index in [4.69, 9.17) is 20.2 Å². The Hall–Kier alpha value is -2.26. The Morgan fingerprint density at radius 3 is 2.84 bits per heavy atom. The van der Waals surface area contributed by atoms with Crippen LogP contribution in [0.5, 0.6) is 0 Å². The third-order valence-corrected chi connectivity index (χ3v) is 7.32. The number of aromatic nitrogens is 4. The largest absolute Gasteiger partial charge is 0.454 e. The van der Waals surface area contributed by atoms with Gasteiger partial charge >= 0.3 is 0 Å². The van der Waals surface area contributed by atoms with Gasteiger partial charge in [0, 0.05) is 16.6 Å². The van der Waals surface area contributed by atoms with Crippen LogP contribution in [0.3, 0.4) is 0 Å². The third kappa shape index (κ3) is 4.52. The maximum Gasteiger partial charge on any atom is 0.268 e. The first-order valence-electron chi connectivity index (χ1n) is 10.6. The van der Waals surface area contributed by atoms with Crippen molar-refractivity contribution in [3.8, 4) is 11.5 Å². The number of aryl methyl sites for hydroxylation is 1. The highest BCUT2D eigenvalue weighted by Gasteiger charge is 2.27. The van der Waals surface area contributed by atoms with Gasteiger partial charge in [-0.3, -0.25) is 0 Å². The highest BCUT2D eigenvalue weighted by Crippen LogP contribution is 2.40. The lowest BCUT2D eigenvalue weighted by Crippen LogP contribution is -2.13. The number of anilines is 1. The van der Waals surface area contributed by atoms with Crippen LogP contribution in [0.1, 0.15) is 50.4 Å². The van der Waals surface area contributed by atoms with Crippen molar-refractivity contribution in [1.29, 1.82) is 0 Å². The van der Waals surface area contributed by atoms with Gasteiger partial charge in [0.1, 0.15) is 6.26 Å². The van der Waals surface area contributed by atoms with Crippen molar-refractivity contribution < 1.29 is 9.47 Å². The molecule has 4 aliphatic rings. The van der Waals surface area contributed by atoms with Crippen molar-refractivity contribution in [1.82, 2.24) is 19.5 Å². The van der Waals surface area contributed by atoms with Crippen LogP contribution in [0.2, 0.25) is 0 Å². The maximum absolute atomic E-state index is 6.09. The lowest BCUT2D eigenvalue weighted by atomic mass is 9.87. The number of imidazole rings is 1. The van der Waals surface area contributed by atoms with E-state index in [1.165, 1.54) is 43.9 Å². The van der Waals surface area contributed by atoms with E-state index in [2.05, 4.69) is 30.5 Å². The zero-order valence-electron chi connectivity index (χ0n) is 17.0. The fourth-order valence-electron chi connectivity index (χ4n) is 4.16. The summed E-state index contributed by atoms with van der Waals surface area (Å²) in [4.78, 5) is 13.7. The molecule has 162 valence electrons. The predicted molar refractivity (Wildman–Crippen MR) is 123 cm³/mol. The highest BCUT2D eigenvalue weighted by molar-refractivity contribution is 9.10. The SMILES string of the molecule is Nc1ncn(CCC2CCCCC2)c2nc(SC3=COC(c4ccccc4Br)O3)nc1-2. The predicted octanol–water partition coefficient (Wildman–Crippen LogP) is 5.73. The van der Waals surface area contributed by atoms with Crippen molar-refractivity contribution in [2.75, 3.05) is 5.73 Å². The van der Waals surface area contributed by atoms with Crippen LogP contribution in [-0.4, -0.2) is 19.5 Å². The van der Waals surface area contributed by atoms with Crippen molar-refractivity contribution in [2.45, 2.75) is 56.5 Å². The fraction of sp³-hybridized carbons (Fsp3) is 0.409. The molecule has 1 unspecified atom stereocenters. The molecule has 5 rings (SSSR count). The Morgan fingerprint density at radius 1 is 1.16 bits per heavy atom. The lowest BCUT2D eigenvalue weighted by molar-refractivity contribution is -0.0278. The maximum atomic E-state index is 6.09. The van der Waals surface area contributed by atoms with Gasteiger partial charge in [0.25, 0.3) is 6.29 Å². The number of nitrogen functional groups attached to an aromatic ring is 1. The van der Waals surface area contributed by atoms with Gasteiger partial charge in [-0.1, -0.05) is 66.2 Å². The first-order valence-corrected chi connectivity index (χ1v) is 12.2. The highest BCUT2D eigenvalue weighted by atomic mass is 79.9. The molecular weight excluding hydrogens is 478 g/mol. The van der Waals surface area contributed by atoms with Crippen molar-refractivity contribution >= 4 is 33.5 Å². The molecule has 1 fully saturated rings. The van der Waals surface area contributed by atoms with E-state index in [-0.39, 0.29) is 0 Å². The molecular formula is C22H24BrN5O2S. The molecule has 31 heavy (non-hydrogen) atoms. The minimum atomic E-state index is -0.491. The van der Waals surface area contributed by atoms with E-state index >= 15 is 0 Å². The van der Waals surface area contributed by atoms with Gasteiger partial charge in [-0.05, 0) is 30.2 Å². The third-order valence-electron chi connectivity index (χ3n) is 5.84. The van der Waals surface area contributed by atoms with Gasteiger partial charge < -0.3 is 19.8 Å². The number of thioether (sulfide) groups is 1. The van der Waals surface area contributed by atoms with Crippen LogP contribution in [0.15, 0.2) is 51.6 Å². The molecule has 3 aliphatic heterocycles. The Morgan fingerprint density at radius 2 is 2.00 bits per heavy atom. The lowest BCUT2D eigenvalue weighted by Gasteiger charge is -2.22. The van der Waals surface area contributed by atoms with E-state index in [1.54, 1.807) is 12.6 Å². The Bertz CT molecular complexity index is 1070. The van der Waals surface area contributed by atoms with E-state index in [1.807, 2.05) is 24.3 Å². The molecule has 0 spiro atoms. The first-order chi connectivity index (χ1) is 15.2. The molecule has 9 heteroatoms. The summed E-state index contributed by atoms with van der Waals surface area (Å²) in [5.41, 5.74) is 7.65. The number of nitrogens with zero attached hydrogens (tertiary/aromatic N) is 4. The van der Waals surface area contributed by atoms with Crippen molar-refractivity contribution in [3.63, 3.8) is 0 Å². The molecule has 1 aromatic carbocycles. The van der Waals surface area contributed by atoms with Crippen LogP contribution in [0.4, 0.5) is 5.82 Å². The van der Waals surface area contributed by atoms with Crippen LogP contribution < -0.4 is 5.73 Å². The molecule has 1 saturated carbocycles. The van der Waals surface area contributed by atoms with Crippen LogP contribution >= 0.6 is 27.7 Å². The molecule has 0 saturated heterocycles. The zero-order valence-corrected chi connectivity index (χ0v) is 19.4. The van der Waals surface area contributed by atoms with Gasteiger partial charge in [0.05, 0.1) is 6.33 Å². The minimum Gasteiger partial charge on any atom is -0.454 e.